The second kappa shape index (κ2) is 5.46. The van der Waals surface area contributed by atoms with E-state index in [0.717, 1.165) is 0 Å². The molecule has 0 aliphatic carbocycles. The smallest absolute Gasteiger partial charge is 0.268 e. The molecule has 16 heavy (non-hydrogen) atoms. The van der Waals surface area contributed by atoms with E-state index in [0.29, 0.717) is 17.8 Å². The predicted octanol–water partition coefficient (Wildman–Crippen LogP) is 0.718. The van der Waals surface area contributed by atoms with Gasteiger partial charge in [-0.05, 0) is 18.6 Å². The van der Waals surface area contributed by atoms with Gasteiger partial charge in [-0.15, -0.1) is 0 Å². The molecule has 3 N–H and O–H groups in total. The number of carbonyl (C=O) groups excluding carboxylic acids is 2. The summed E-state index contributed by atoms with van der Waals surface area (Å²) in [6.07, 6.45) is 0.655. The number of carbonyl (C=O) groups is 2. The maximum Gasteiger partial charge on any atom is 0.268 e. The molecule has 0 saturated carbocycles. The molecule has 1 amide bonds. The number of hydrogen-bond acceptors (Lipinski definition) is 3. The van der Waals surface area contributed by atoms with Crippen molar-refractivity contribution in [3.05, 3.63) is 23.5 Å². The number of hydrogen-bond donors (Lipinski definition) is 3. The Morgan fingerprint density at radius 1 is 1.44 bits per heavy atom. The molecule has 1 aromatic rings. The van der Waals surface area contributed by atoms with Gasteiger partial charge in [0, 0.05) is 6.92 Å². The molecular weight excluding hydrogens is 208 g/mol. The number of aromatic nitrogens is 1. The van der Waals surface area contributed by atoms with Gasteiger partial charge in [-0.3, -0.25) is 9.59 Å². The highest BCUT2D eigenvalue weighted by atomic mass is 16.3. The average Bonchev–Trinajstić information content (AvgIpc) is 2.74. The number of H-pyrrole nitrogens is 1. The number of aliphatic hydroxyl groups excluding tert-OH is 1. The van der Waals surface area contributed by atoms with Crippen molar-refractivity contribution in [1.29, 1.82) is 0 Å². The summed E-state index contributed by atoms with van der Waals surface area (Å²) < 4.78 is 0. The van der Waals surface area contributed by atoms with E-state index in [1.165, 1.54) is 6.92 Å². The van der Waals surface area contributed by atoms with Crippen molar-refractivity contribution in [1.82, 2.24) is 10.3 Å². The van der Waals surface area contributed by atoms with Crippen LogP contribution in [0.15, 0.2) is 12.1 Å². The molecule has 1 aromatic heterocycles. The van der Waals surface area contributed by atoms with E-state index >= 15 is 0 Å². The van der Waals surface area contributed by atoms with E-state index in [1.54, 1.807) is 12.1 Å². The van der Waals surface area contributed by atoms with Crippen molar-refractivity contribution in [2.45, 2.75) is 26.3 Å². The maximum atomic E-state index is 11.6. The lowest BCUT2D eigenvalue weighted by Crippen LogP contribution is -2.37. The topological polar surface area (TPSA) is 82.2 Å². The van der Waals surface area contributed by atoms with Crippen molar-refractivity contribution in [3.8, 4) is 0 Å². The monoisotopic (exact) mass is 224 g/mol. The van der Waals surface area contributed by atoms with Gasteiger partial charge in [0.15, 0.2) is 5.78 Å². The van der Waals surface area contributed by atoms with E-state index < -0.39 is 0 Å². The van der Waals surface area contributed by atoms with Gasteiger partial charge in [-0.25, -0.2) is 0 Å². The fourth-order valence-corrected chi connectivity index (χ4v) is 1.27. The minimum absolute atomic E-state index is 0.0947. The summed E-state index contributed by atoms with van der Waals surface area (Å²) in [7, 11) is 0. The lowest BCUT2D eigenvalue weighted by molar-refractivity contribution is 0.0910. The average molecular weight is 224 g/mol. The van der Waals surface area contributed by atoms with Crippen molar-refractivity contribution >= 4 is 11.7 Å². The summed E-state index contributed by atoms with van der Waals surface area (Å²) in [5.41, 5.74) is 0.735. The van der Waals surface area contributed by atoms with Gasteiger partial charge in [0.2, 0.25) is 0 Å². The Morgan fingerprint density at radius 3 is 2.50 bits per heavy atom. The van der Waals surface area contributed by atoms with Crippen molar-refractivity contribution in [2.75, 3.05) is 6.61 Å². The standard InChI is InChI=1S/C11H16N2O3/c1-3-8(6-14)12-11(16)10-5-4-9(13-10)7(2)15/h4-5,8,13-14H,3,6H2,1-2H3,(H,12,16). The third kappa shape index (κ3) is 2.93. The molecule has 0 bridgehead atoms. The molecule has 0 fully saturated rings. The summed E-state index contributed by atoms with van der Waals surface area (Å²) in [4.78, 5) is 25.4. The summed E-state index contributed by atoms with van der Waals surface area (Å²) in [5.74, 6) is -0.429. The highest BCUT2D eigenvalue weighted by molar-refractivity contribution is 5.97. The number of rotatable bonds is 5. The van der Waals surface area contributed by atoms with E-state index in [-0.39, 0.29) is 24.3 Å². The third-order valence-corrected chi connectivity index (χ3v) is 2.36. The minimum atomic E-state index is -0.312. The quantitative estimate of drug-likeness (QED) is 0.644. The van der Waals surface area contributed by atoms with E-state index in [2.05, 4.69) is 10.3 Å². The van der Waals surface area contributed by atoms with Crippen LogP contribution in [0.5, 0.6) is 0 Å². The number of ketones is 1. The van der Waals surface area contributed by atoms with Crippen LogP contribution in [0.2, 0.25) is 0 Å². The Labute approximate surface area is 93.9 Å². The molecule has 1 rings (SSSR count). The highest BCUT2D eigenvalue weighted by Crippen LogP contribution is 2.03. The molecule has 88 valence electrons. The van der Waals surface area contributed by atoms with Crippen LogP contribution in [0.1, 0.15) is 41.2 Å². The first-order valence-electron chi connectivity index (χ1n) is 5.20. The second-order valence-electron chi connectivity index (χ2n) is 3.60. The van der Waals surface area contributed by atoms with Gasteiger partial charge in [-0.1, -0.05) is 6.92 Å². The van der Waals surface area contributed by atoms with Crippen LogP contribution in [-0.4, -0.2) is 34.4 Å². The zero-order chi connectivity index (χ0) is 12.1. The van der Waals surface area contributed by atoms with Crippen LogP contribution in [0.4, 0.5) is 0 Å². The Balaban J connectivity index is 2.69. The van der Waals surface area contributed by atoms with Gasteiger partial charge in [0.1, 0.15) is 5.69 Å². The van der Waals surface area contributed by atoms with Crippen LogP contribution in [0.3, 0.4) is 0 Å². The van der Waals surface area contributed by atoms with E-state index in [1.807, 2.05) is 6.92 Å². The molecule has 5 heteroatoms. The largest absolute Gasteiger partial charge is 0.394 e. The highest BCUT2D eigenvalue weighted by Gasteiger charge is 2.13. The first kappa shape index (κ1) is 12.4. The molecule has 0 spiro atoms. The summed E-state index contributed by atoms with van der Waals surface area (Å²) in [6.45, 7) is 3.20. The molecule has 0 radical (unpaired) electrons. The normalized spacial score (nSPS) is 12.2. The zero-order valence-electron chi connectivity index (χ0n) is 9.41. The van der Waals surface area contributed by atoms with Crippen molar-refractivity contribution in [2.24, 2.45) is 0 Å². The first-order chi connectivity index (χ1) is 7.58. The van der Waals surface area contributed by atoms with Gasteiger partial charge < -0.3 is 15.4 Å². The van der Waals surface area contributed by atoms with Gasteiger partial charge in [0.05, 0.1) is 18.3 Å². The third-order valence-electron chi connectivity index (χ3n) is 2.36. The van der Waals surface area contributed by atoms with Gasteiger partial charge in [-0.2, -0.15) is 0 Å². The van der Waals surface area contributed by atoms with Crippen LogP contribution in [-0.2, 0) is 0 Å². The molecule has 5 nitrogen and oxygen atoms in total. The van der Waals surface area contributed by atoms with E-state index in [4.69, 9.17) is 5.11 Å². The summed E-state index contributed by atoms with van der Waals surface area (Å²) in [5, 5.41) is 11.6. The lowest BCUT2D eigenvalue weighted by Gasteiger charge is -2.12. The number of aromatic amines is 1. The molecular formula is C11H16N2O3. The molecule has 0 aliphatic rings. The molecule has 1 unspecified atom stereocenters. The van der Waals surface area contributed by atoms with E-state index in [9.17, 15) is 9.59 Å². The van der Waals surface area contributed by atoms with Gasteiger partial charge >= 0.3 is 0 Å². The summed E-state index contributed by atoms with van der Waals surface area (Å²) in [6, 6.07) is 2.87. The number of aliphatic hydroxyl groups is 1. The van der Waals surface area contributed by atoms with Crippen LogP contribution in [0, 0.1) is 0 Å². The minimum Gasteiger partial charge on any atom is -0.394 e. The van der Waals surface area contributed by atoms with Crippen LogP contribution >= 0.6 is 0 Å². The maximum absolute atomic E-state index is 11.6. The fourth-order valence-electron chi connectivity index (χ4n) is 1.27. The van der Waals surface area contributed by atoms with Crippen molar-refractivity contribution < 1.29 is 14.7 Å². The SMILES string of the molecule is CCC(CO)NC(=O)c1ccc(C(C)=O)[nH]1. The first-order valence-corrected chi connectivity index (χ1v) is 5.20. The van der Waals surface area contributed by atoms with Gasteiger partial charge in [0.25, 0.3) is 5.91 Å². The Morgan fingerprint density at radius 2 is 2.06 bits per heavy atom. The lowest BCUT2D eigenvalue weighted by atomic mass is 10.2. The Kier molecular flexibility index (Phi) is 4.25. The molecule has 1 atom stereocenters. The summed E-state index contributed by atoms with van der Waals surface area (Å²) >= 11 is 0. The van der Waals surface area contributed by atoms with Crippen molar-refractivity contribution in [3.63, 3.8) is 0 Å². The number of Topliss-reactive ketones (excluding diaryl/α,β-unsaturated/α-hetero) is 1. The molecule has 0 aromatic carbocycles. The fraction of sp³-hybridized carbons (Fsp3) is 0.455. The number of amides is 1. The molecule has 1 heterocycles. The molecule has 0 saturated heterocycles. The zero-order valence-corrected chi connectivity index (χ0v) is 9.41. The van der Waals surface area contributed by atoms with Crippen LogP contribution in [0.25, 0.3) is 0 Å². The second-order valence-corrected chi connectivity index (χ2v) is 3.60. The number of nitrogens with one attached hydrogen (secondary N) is 2. The Bertz CT molecular complexity index is 380. The predicted molar refractivity (Wildman–Crippen MR) is 59.4 cm³/mol. The Hall–Kier alpha value is -1.62. The molecule has 0 aliphatic heterocycles. The van der Waals surface area contributed by atoms with Crippen LogP contribution < -0.4 is 5.32 Å².